The van der Waals surface area contributed by atoms with Gasteiger partial charge in [-0.1, -0.05) is 13.8 Å². The third kappa shape index (κ3) is 3.25. The minimum absolute atomic E-state index is 0.227. The highest BCUT2D eigenvalue weighted by Crippen LogP contribution is 2.30. The SMILES string of the molecule is CC(C)CN=C(N)NC1(C)CCC1. The quantitative estimate of drug-likeness (QED) is 0.514. The van der Waals surface area contributed by atoms with Gasteiger partial charge in [0.05, 0.1) is 0 Å². The molecule has 1 fully saturated rings. The van der Waals surface area contributed by atoms with Crippen LogP contribution in [0, 0.1) is 5.92 Å². The number of hydrogen-bond donors (Lipinski definition) is 2. The van der Waals surface area contributed by atoms with E-state index in [2.05, 4.69) is 31.1 Å². The topological polar surface area (TPSA) is 50.4 Å². The molecule has 0 aromatic heterocycles. The van der Waals surface area contributed by atoms with Gasteiger partial charge in [-0.15, -0.1) is 0 Å². The molecule has 76 valence electrons. The van der Waals surface area contributed by atoms with Gasteiger partial charge in [-0.25, -0.2) is 0 Å². The molecule has 3 nitrogen and oxygen atoms in total. The lowest BCUT2D eigenvalue weighted by molar-refractivity contribution is 0.243. The third-order valence-electron chi connectivity index (χ3n) is 2.51. The summed E-state index contributed by atoms with van der Waals surface area (Å²) in [6, 6.07) is 0. The van der Waals surface area contributed by atoms with Crippen molar-refractivity contribution in [3.05, 3.63) is 0 Å². The maximum absolute atomic E-state index is 5.76. The first-order valence-electron chi connectivity index (χ1n) is 5.10. The molecule has 0 spiro atoms. The van der Waals surface area contributed by atoms with E-state index in [1.54, 1.807) is 0 Å². The van der Waals surface area contributed by atoms with Crippen molar-refractivity contribution in [3.8, 4) is 0 Å². The lowest BCUT2D eigenvalue weighted by Crippen LogP contribution is -2.53. The Labute approximate surface area is 80.8 Å². The van der Waals surface area contributed by atoms with Crippen molar-refractivity contribution in [2.45, 2.75) is 45.6 Å². The van der Waals surface area contributed by atoms with Gasteiger partial charge < -0.3 is 11.1 Å². The second kappa shape index (κ2) is 3.99. The maximum atomic E-state index is 5.76. The second-order valence-electron chi connectivity index (χ2n) is 4.66. The summed E-state index contributed by atoms with van der Waals surface area (Å²) in [4.78, 5) is 4.27. The van der Waals surface area contributed by atoms with E-state index in [-0.39, 0.29) is 5.54 Å². The van der Waals surface area contributed by atoms with Gasteiger partial charge in [-0.3, -0.25) is 4.99 Å². The van der Waals surface area contributed by atoms with Gasteiger partial charge in [-0.05, 0) is 32.1 Å². The van der Waals surface area contributed by atoms with Crippen LogP contribution in [0.15, 0.2) is 4.99 Å². The van der Waals surface area contributed by atoms with E-state index in [1.165, 1.54) is 19.3 Å². The Morgan fingerprint density at radius 1 is 1.54 bits per heavy atom. The molecule has 0 radical (unpaired) electrons. The summed E-state index contributed by atoms with van der Waals surface area (Å²) >= 11 is 0. The second-order valence-corrected chi connectivity index (χ2v) is 4.66. The normalized spacial score (nSPS) is 21.4. The average Bonchev–Trinajstić information content (AvgIpc) is 1.98. The maximum Gasteiger partial charge on any atom is 0.189 e. The smallest absolute Gasteiger partial charge is 0.189 e. The molecule has 0 aliphatic heterocycles. The molecule has 0 saturated heterocycles. The Balaban J connectivity index is 2.31. The van der Waals surface area contributed by atoms with Crippen molar-refractivity contribution < 1.29 is 0 Å². The molecule has 0 aromatic carbocycles. The number of nitrogens with two attached hydrogens (primary N) is 1. The zero-order valence-electron chi connectivity index (χ0n) is 8.93. The molecule has 1 rings (SSSR count). The van der Waals surface area contributed by atoms with E-state index in [4.69, 9.17) is 5.73 Å². The van der Waals surface area contributed by atoms with Crippen LogP contribution in [0.4, 0.5) is 0 Å². The summed E-state index contributed by atoms with van der Waals surface area (Å²) in [5, 5.41) is 3.28. The predicted octanol–water partition coefficient (Wildman–Crippen LogP) is 1.49. The Morgan fingerprint density at radius 3 is 2.54 bits per heavy atom. The molecule has 13 heavy (non-hydrogen) atoms. The van der Waals surface area contributed by atoms with Crippen LogP contribution in [-0.4, -0.2) is 18.0 Å². The summed E-state index contributed by atoms with van der Waals surface area (Å²) in [5.74, 6) is 1.19. The molecule has 3 heteroatoms. The van der Waals surface area contributed by atoms with Crippen LogP contribution in [0.1, 0.15) is 40.0 Å². The van der Waals surface area contributed by atoms with Crippen molar-refractivity contribution in [2.24, 2.45) is 16.6 Å². The Morgan fingerprint density at radius 2 is 2.15 bits per heavy atom. The number of guanidine groups is 1. The fourth-order valence-corrected chi connectivity index (χ4v) is 1.46. The molecule has 1 aliphatic rings. The van der Waals surface area contributed by atoms with Crippen molar-refractivity contribution in [2.75, 3.05) is 6.54 Å². The molecule has 0 bridgehead atoms. The summed E-state index contributed by atoms with van der Waals surface area (Å²) < 4.78 is 0. The van der Waals surface area contributed by atoms with Crippen LogP contribution in [0.2, 0.25) is 0 Å². The van der Waals surface area contributed by atoms with Crippen LogP contribution in [0.5, 0.6) is 0 Å². The molecule has 1 aliphatic carbocycles. The Bertz CT molecular complexity index is 192. The van der Waals surface area contributed by atoms with Gasteiger partial charge in [0.25, 0.3) is 0 Å². The number of nitrogens with one attached hydrogen (secondary N) is 1. The molecule has 0 atom stereocenters. The largest absolute Gasteiger partial charge is 0.370 e. The average molecular weight is 183 g/mol. The van der Waals surface area contributed by atoms with Crippen molar-refractivity contribution in [3.63, 3.8) is 0 Å². The zero-order chi connectivity index (χ0) is 9.90. The van der Waals surface area contributed by atoms with Crippen molar-refractivity contribution in [1.82, 2.24) is 5.32 Å². The lowest BCUT2D eigenvalue weighted by Gasteiger charge is -2.39. The first-order chi connectivity index (χ1) is 6.02. The molecule has 0 unspecified atom stereocenters. The minimum Gasteiger partial charge on any atom is -0.370 e. The predicted molar refractivity (Wildman–Crippen MR) is 56.7 cm³/mol. The summed E-state index contributed by atoms with van der Waals surface area (Å²) in [7, 11) is 0. The molecule has 1 saturated carbocycles. The van der Waals surface area contributed by atoms with Gasteiger partial charge in [0.15, 0.2) is 5.96 Å². The highest BCUT2D eigenvalue weighted by atomic mass is 15.1. The van der Waals surface area contributed by atoms with Crippen molar-refractivity contribution >= 4 is 5.96 Å². The first-order valence-corrected chi connectivity index (χ1v) is 5.10. The fourth-order valence-electron chi connectivity index (χ4n) is 1.46. The summed E-state index contributed by atoms with van der Waals surface area (Å²) in [6.45, 7) is 7.30. The molecular weight excluding hydrogens is 162 g/mol. The van der Waals surface area contributed by atoms with E-state index in [1.807, 2.05) is 0 Å². The fraction of sp³-hybridized carbons (Fsp3) is 0.900. The van der Waals surface area contributed by atoms with Crippen LogP contribution in [0.25, 0.3) is 0 Å². The summed E-state index contributed by atoms with van der Waals surface area (Å²) in [5.41, 5.74) is 5.98. The van der Waals surface area contributed by atoms with E-state index >= 15 is 0 Å². The Kier molecular flexibility index (Phi) is 3.17. The third-order valence-corrected chi connectivity index (χ3v) is 2.51. The highest BCUT2D eigenvalue weighted by Gasteiger charge is 2.31. The highest BCUT2D eigenvalue weighted by molar-refractivity contribution is 5.78. The van der Waals surface area contributed by atoms with Crippen LogP contribution in [-0.2, 0) is 0 Å². The molecule has 0 aromatic rings. The van der Waals surface area contributed by atoms with Gasteiger partial charge in [0, 0.05) is 12.1 Å². The minimum atomic E-state index is 0.227. The van der Waals surface area contributed by atoms with E-state index < -0.39 is 0 Å². The van der Waals surface area contributed by atoms with Crippen LogP contribution >= 0.6 is 0 Å². The standard InChI is InChI=1S/C10H21N3/c1-8(2)7-12-9(11)13-10(3)5-4-6-10/h8H,4-7H2,1-3H3,(H3,11,12,13). The van der Waals surface area contributed by atoms with E-state index in [9.17, 15) is 0 Å². The van der Waals surface area contributed by atoms with Crippen LogP contribution in [0.3, 0.4) is 0 Å². The van der Waals surface area contributed by atoms with Gasteiger partial charge >= 0.3 is 0 Å². The molecular formula is C10H21N3. The number of hydrogen-bond acceptors (Lipinski definition) is 1. The monoisotopic (exact) mass is 183 g/mol. The van der Waals surface area contributed by atoms with E-state index in [0.29, 0.717) is 11.9 Å². The molecule has 3 N–H and O–H groups in total. The van der Waals surface area contributed by atoms with Crippen molar-refractivity contribution in [1.29, 1.82) is 0 Å². The molecule has 0 amide bonds. The Hall–Kier alpha value is -0.730. The van der Waals surface area contributed by atoms with Gasteiger partial charge in [0.2, 0.25) is 0 Å². The van der Waals surface area contributed by atoms with Gasteiger partial charge in [-0.2, -0.15) is 0 Å². The lowest BCUT2D eigenvalue weighted by atomic mass is 9.79. The number of aliphatic imine (C=N–C) groups is 1. The van der Waals surface area contributed by atoms with Crippen LogP contribution < -0.4 is 11.1 Å². The van der Waals surface area contributed by atoms with E-state index in [0.717, 1.165) is 6.54 Å². The zero-order valence-corrected chi connectivity index (χ0v) is 8.93. The number of rotatable bonds is 3. The number of nitrogens with zero attached hydrogens (tertiary/aromatic N) is 1. The first kappa shape index (κ1) is 10.4. The molecule has 0 heterocycles. The summed E-state index contributed by atoms with van der Waals surface area (Å²) in [6.07, 6.45) is 3.73. The van der Waals surface area contributed by atoms with Gasteiger partial charge in [0.1, 0.15) is 0 Å².